The first-order valence-corrected chi connectivity index (χ1v) is 7.15. The molecule has 0 saturated heterocycles. The number of rotatable bonds is 1. The van der Waals surface area contributed by atoms with E-state index in [-0.39, 0.29) is 5.63 Å². The molecule has 2 aromatic carbocycles. The van der Waals surface area contributed by atoms with Crippen molar-refractivity contribution >= 4 is 31.7 Å². The van der Waals surface area contributed by atoms with E-state index in [4.69, 9.17) is 4.42 Å². The lowest BCUT2D eigenvalue weighted by Gasteiger charge is -2.01. The molecule has 0 amide bonds. The van der Waals surface area contributed by atoms with E-state index in [1.54, 1.807) is 17.4 Å². The normalized spacial score (nSPS) is 11.2. The molecule has 2 aromatic heterocycles. The zero-order valence-corrected chi connectivity index (χ0v) is 11.3. The van der Waals surface area contributed by atoms with Crippen molar-refractivity contribution in [2.45, 2.75) is 0 Å². The molecule has 0 N–H and O–H groups in total. The molecule has 0 bridgehead atoms. The molecule has 0 aliphatic heterocycles. The summed E-state index contributed by atoms with van der Waals surface area (Å²) in [6, 6.07) is 19.5. The van der Waals surface area contributed by atoms with Crippen molar-refractivity contribution in [2.75, 3.05) is 0 Å². The Bertz CT molecular complexity index is 965. The van der Waals surface area contributed by atoms with Crippen LogP contribution in [0.1, 0.15) is 0 Å². The van der Waals surface area contributed by atoms with Gasteiger partial charge in [-0.15, -0.1) is 11.3 Å². The molecule has 3 heteroatoms. The second-order valence-electron chi connectivity index (χ2n) is 4.60. The van der Waals surface area contributed by atoms with Crippen LogP contribution in [0.25, 0.3) is 31.5 Å². The zero-order chi connectivity index (χ0) is 13.5. The van der Waals surface area contributed by atoms with Gasteiger partial charge in [-0.3, -0.25) is 0 Å². The monoisotopic (exact) mass is 278 g/mol. The molecular formula is C17H10O2S. The molecule has 0 aliphatic carbocycles. The fraction of sp³-hybridized carbons (Fsp3) is 0. The summed E-state index contributed by atoms with van der Waals surface area (Å²) in [5, 5.41) is 1.00. The quantitative estimate of drug-likeness (QED) is 0.506. The smallest absolute Gasteiger partial charge is 0.336 e. The number of benzene rings is 2. The van der Waals surface area contributed by atoms with E-state index in [0.717, 1.165) is 25.9 Å². The van der Waals surface area contributed by atoms with Crippen LogP contribution in [0.2, 0.25) is 0 Å². The van der Waals surface area contributed by atoms with Gasteiger partial charge in [-0.05, 0) is 17.7 Å². The largest absolute Gasteiger partial charge is 0.421 e. The lowest BCUT2D eigenvalue weighted by Crippen LogP contribution is -1.96. The maximum atomic E-state index is 11.9. The lowest BCUT2D eigenvalue weighted by molar-refractivity contribution is 0.565. The van der Waals surface area contributed by atoms with Crippen molar-refractivity contribution < 1.29 is 4.42 Å². The van der Waals surface area contributed by atoms with E-state index in [2.05, 4.69) is 6.07 Å². The van der Waals surface area contributed by atoms with E-state index in [1.165, 1.54) is 0 Å². The molecule has 0 radical (unpaired) electrons. The van der Waals surface area contributed by atoms with Crippen molar-refractivity contribution in [3.8, 4) is 11.1 Å². The third kappa shape index (κ3) is 1.67. The second-order valence-corrected chi connectivity index (χ2v) is 5.65. The number of hydrogen-bond acceptors (Lipinski definition) is 3. The van der Waals surface area contributed by atoms with Gasteiger partial charge in [0.25, 0.3) is 0 Å². The molecule has 4 rings (SSSR count). The minimum Gasteiger partial charge on any atom is -0.421 e. The average Bonchev–Trinajstić information content (AvgIpc) is 2.86. The highest BCUT2D eigenvalue weighted by molar-refractivity contribution is 7.26. The fourth-order valence-corrected chi connectivity index (χ4v) is 3.61. The van der Waals surface area contributed by atoms with Crippen LogP contribution >= 0.6 is 11.3 Å². The van der Waals surface area contributed by atoms with Gasteiger partial charge in [0.2, 0.25) is 0 Å². The Balaban J connectivity index is 2.19. The summed E-state index contributed by atoms with van der Waals surface area (Å²) in [6.07, 6.45) is 0. The van der Waals surface area contributed by atoms with Crippen LogP contribution in [0.5, 0.6) is 0 Å². The van der Waals surface area contributed by atoms with E-state index < -0.39 is 0 Å². The SMILES string of the molecule is O=c1cc(-c2ccccc2)c2sc3ccccc3c2o1. The van der Waals surface area contributed by atoms with Crippen molar-refractivity contribution in [3.05, 3.63) is 71.1 Å². The van der Waals surface area contributed by atoms with Gasteiger partial charge in [-0.25, -0.2) is 4.79 Å². The summed E-state index contributed by atoms with van der Waals surface area (Å²) in [7, 11) is 0. The first-order chi connectivity index (χ1) is 9.83. The molecule has 4 aromatic rings. The van der Waals surface area contributed by atoms with Crippen molar-refractivity contribution in [2.24, 2.45) is 0 Å². The maximum absolute atomic E-state index is 11.9. The van der Waals surface area contributed by atoms with Crippen molar-refractivity contribution in [1.82, 2.24) is 0 Å². The average molecular weight is 278 g/mol. The van der Waals surface area contributed by atoms with Gasteiger partial charge >= 0.3 is 5.63 Å². The van der Waals surface area contributed by atoms with Crippen LogP contribution in [0.15, 0.2) is 69.9 Å². The summed E-state index contributed by atoms with van der Waals surface area (Å²) < 4.78 is 7.59. The van der Waals surface area contributed by atoms with Crippen LogP contribution in [-0.4, -0.2) is 0 Å². The molecule has 0 saturated carbocycles. The molecule has 0 spiro atoms. The third-order valence-corrected chi connectivity index (χ3v) is 4.53. The van der Waals surface area contributed by atoms with Gasteiger partial charge in [-0.2, -0.15) is 0 Å². The van der Waals surface area contributed by atoms with Crippen molar-refractivity contribution in [3.63, 3.8) is 0 Å². The molecule has 0 aliphatic rings. The second kappa shape index (κ2) is 4.32. The van der Waals surface area contributed by atoms with Crippen LogP contribution < -0.4 is 5.63 Å². The minimum atomic E-state index is -0.306. The number of fused-ring (bicyclic) bond motifs is 3. The van der Waals surface area contributed by atoms with Gasteiger partial charge in [0.1, 0.15) is 0 Å². The topological polar surface area (TPSA) is 30.2 Å². The first kappa shape index (κ1) is 11.4. The Morgan fingerprint density at radius 3 is 2.50 bits per heavy atom. The Hall–Kier alpha value is -2.39. The lowest BCUT2D eigenvalue weighted by atomic mass is 10.1. The van der Waals surface area contributed by atoms with E-state index in [9.17, 15) is 4.79 Å². The Kier molecular flexibility index (Phi) is 2.47. The first-order valence-electron chi connectivity index (χ1n) is 6.34. The minimum absolute atomic E-state index is 0.306. The molecule has 20 heavy (non-hydrogen) atoms. The van der Waals surface area contributed by atoms with Gasteiger partial charge < -0.3 is 4.42 Å². The highest BCUT2D eigenvalue weighted by atomic mass is 32.1. The highest BCUT2D eigenvalue weighted by Gasteiger charge is 2.13. The van der Waals surface area contributed by atoms with Crippen LogP contribution in [-0.2, 0) is 0 Å². The summed E-state index contributed by atoms with van der Waals surface area (Å²) in [4.78, 5) is 11.9. The van der Waals surface area contributed by atoms with Crippen LogP contribution in [0.4, 0.5) is 0 Å². The summed E-state index contributed by atoms with van der Waals surface area (Å²) in [5.41, 5.74) is 2.37. The Morgan fingerprint density at radius 2 is 1.65 bits per heavy atom. The molecule has 0 fully saturated rings. The molecular weight excluding hydrogens is 268 g/mol. The summed E-state index contributed by atoms with van der Waals surface area (Å²) in [5.74, 6) is 0. The highest BCUT2D eigenvalue weighted by Crippen LogP contribution is 2.38. The summed E-state index contributed by atoms with van der Waals surface area (Å²) >= 11 is 1.66. The maximum Gasteiger partial charge on any atom is 0.336 e. The van der Waals surface area contributed by atoms with Gasteiger partial charge in [-0.1, -0.05) is 42.5 Å². The molecule has 2 heterocycles. The predicted octanol–water partition coefficient (Wildman–Crippen LogP) is 4.67. The zero-order valence-electron chi connectivity index (χ0n) is 10.5. The number of thiophene rings is 1. The van der Waals surface area contributed by atoms with Gasteiger partial charge in [0, 0.05) is 21.7 Å². The van der Waals surface area contributed by atoms with E-state index >= 15 is 0 Å². The molecule has 0 unspecified atom stereocenters. The van der Waals surface area contributed by atoms with E-state index in [0.29, 0.717) is 5.58 Å². The van der Waals surface area contributed by atoms with Crippen molar-refractivity contribution in [1.29, 1.82) is 0 Å². The Labute approximate surface area is 118 Å². The van der Waals surface area contributed by atoms with Crippen LogP contribution in [0.3, 0.4) is 0 Å². The third-order valence-electron chi connectivity index (χ3n) is 3.34. The molecule has 96 valence electrons. The predicted molar refractivity (Wildman–Crippen MR) is 83.3 cm³/mol. The van der Waals surface area contributed by atoms with Crippen LogP contribution in [0, 0.1) is 0 Å². The molecule has 2 nitrogen and oxygen atoms in total. The summed E-state index contributed by atoms with van der Waals surface area (Å²) in [6.45, 7) is 0. The Morgan fingerprint density at radius 1 is 0.900 bits per heavy atom. The standard InChI is InChI=1S/C17H10O2S/c18-15-10-13(11-6-2-1-3-7-11)17-16(19-15)12-8-4-5-9-14(12)20-17/h1-10H. The number of hydrogen-bond donors (Lipinski definition) is 0. The van der Waals surface area contributed by atoms with Gasteiger partial charge in [0.05, 0.1) is 4.70 Å². The van der Waals surface area contributed by atoms with Gasteiger partial charge in [0.15, 0.2) is 5.58 Å². The van der Waals surface area contributed by atoms with E-state index in [1.807, 2.05) is 48.5 Å². The molecule has 0 atom stereocenters. The fourth-order valence-electron chi connectivity index (χ4n) is 2.45.